The van der Waals surface area contributed by atoms with Gasteiger partial charge in [0.05, 0.1) is 10.9 Å². The summed E-state index contributed by atoms with van der Waals surface area (Å²) >= 11 is 0. The fourth-order valence-electron chi connectivity index (χ4n) is 3.31. The second-order valence-corrected chi connectivity index (χ2v) is 8.13. The zero-order valence-electron chi connectivity index (χ0n) is 14.2. The standard InChI is InChI=1S/C21H17NO3S/c1-15-11-13-17(14-12-15)26(24,25)22-20(16-7-3-2-4-8-16)18-9-5-6-10-19(18)21(22)23/h2-14,20H,1H3. The molecule has 0 saturated heterocycles. The first-order valence-electron chi connectivity index (χ1n) is 8.29. The van der Waals surface area contributed by atoms with E-state index in [1.165, 1.54) is 0 Å². The van der Waals surface area contributed by atoms with Gasteiger partial charge in [-0.05, 0) is 36.2 Å². The lowest BCUT2D eigenvalue weighted by molar-refractivity contribution is 0.0865. The Morgan fingerprint density at radius 1 is 0.808 bits per heavy atom. The van der Waals surface area contributed by atoms with E-state index in [4.69, 9.17) is 0 Å². The third kappa shape index (κ3) is 2.52. The third-order valence-corrected chi connectivity index (χ3v) is 6.38. The quantitative estimate of drug-likeness (QED) is 0.708. The van der Waals surface area contributed by atoms with Crippen LogP contribution in [0.3, 0.4) is 0 Å². The average molecular weight is 363 g/mol. The minimum atomic E-state index is -3.99. The summed E-state index contributed by atoms with van der Waals surface area (Å²) in [6.45, 7) is 1.89. The maximum atomic E-state index is 13.3. The lowest BCUT2D eigenvalue weighted by Crippen LogP contribution is -2.35. The predicted molar refractivity (Wildman–Crippen MR) is 99.3 cm³/mol. The SMILES string of the molecule is Cc1ccc(S(=O)(=O)N2C(=O)c3ccccc3C2c2ccccc2)cc1. The summed E-state index contributed by atoms with van der Waals surface area (Å²) in [4.78, 5) is 13.1. The molecule has 5 heteroatoms. The second kappa shape index (κ2) is 6.11. The van der Waals surface area contributed by atoms with Gasteiger partial charge in [0.15, 0.2) is 0 Å². The fourth-order valence-corrected chi connectivity index (χ4v) is 4.85. The van der Waals surface area contributed by atoms with Gasteiger partial charge in [-0.15, -0.1) is 0 Å². The van der Waals surface area contributed by atoms with E-state index in [9.17, 15) is 13.2 Å². The number of carbonyl (C=O) groups is 1. The Hall–Kier alpha value is -2.92. The summed E-state index contributed by atoms with van der Waals surface area (Å²) in [6.07, 6.45) is 0. The largest absolute Gasteiger partial charge is 0.268 e. The molecule has 3 aromatic carbocycles. The van der Waals surface area contributed by atoms with Crippen molar-refractivity contribution in [3.05, 3.63) is 101 Å². The van der Waals surface area contributed by atoms with Gasteiger partial charge in [0.25, 0.3) is 15.9 Å². The highest BCUT2D eigenvalue weighted by Gasteiger charge is 2.44. The van der Waals surface area contributed by atoms with Gasteiger partial charge in [-0.1, -0.05) is 66.2 Å². The summed E-state index contributed by atoms with van der Waals surface area (Å²) in [5.74, 6) is -0.491. The van der Waals surface area contributed by atoms with Gasteiger partial charge in [-0.2, -0.15) is 0 Å². The number of benzene rings is 3. The number of fused-ring (bicyclic) bond motifs is 1. The molecule has 3 aromatic rings. The number of rotatable bonds is 3. The molecule has 1 aliphatic heterocycles. The Morgan fingerprint density at radius 3 is 2.12 bits per heavy atom. The summed E-state index contributed by atoms with van der Waals surface area (Å²) in [5.41, 5.74) is 2.86. The van der Waals surface area contributed by atoms with Crippen molar-refractivity contribution in [2.24, 2.45) is 0 Å². The van der Waals surface area contributed by atoms with Crippen molar-refractivity contribution >= 4 is 15.9 Å². The second-order valence-electron chi connectivity index (χ2n) is 6.32. The zero-order valence-corrected chi connectivity index (χ0v) is 15.0. The average Bonchev–Trinajstić information content (AvgIpc) is 2.96. The van der Waals surface area contributed by atoms with Gasteiger partial charge in [-0.3, -0.25) is 4.79 Å². The van der Waals surface area contributed by atoms with E-state index in [0.29, 0.717) is 11.1 Å². The molecule has 0 radical (unpaired) electrons. The van der Waals surface area contributed by atoms with Gasteiger partial charge in [0, 0.05) is 5.56 Å². The van der Waals surface area contributed by atoms with E-state index in [-0.39, 0.29) is 4.90 Å². The number of nitrogens with zero attached hydrogens (tertiary/aromatic N) is 1. The van der Waals surface area contributed by atoms with Crippen LogP contribution in [0.2, 0.25) is 0 Å². The molecule has 4 nitrogen and oxygen atoms in total. The molecule has 0 aromatic heterocycles. The van der Waals surface area contributed by atoms with Crippen LogP contribution >= 0.6 is 0 Å². The number of amides is 1. The van der Waals surface area contributed by atoms with Crippen LogP contribution in [-0.4, -0.2) is 18.6 Å². The van der Waals surface area contributed by atoms with Crippen molar-refractivity contribution in [1.82, 2.24) is 4.31 Å². The molecule has 1 amide bonds. The first-order valence-corrected chi connectivity index (χ1v) is 9.73. The fraction of sp³-hybridized carbons (Fsp3) is 0.0952. The molecule has 0 bridgehead atoms. The predicted octanol–water partition coefficient (Wildman–Crippen LogP) is 3.93. The smallest absolute Gasteiger partial charge is 0.268 e. The van der Waals surface area contributed by atoms with Crippen LogP contribution in [0.5, 0.6) is 0 Å². The highest BCUT2D eigenvalue weighted by molar-refractivity contribution is 7.89. The molecule has 1 atom stereocenters. The van der Waals surface area contributed by atoms with E-state index in [1.807, 2.05) is 49.4 Å². The van der Waals surface area contributed by atoms with Crippen molar-refractivity contribution in [3.8, 4) is 0 Å². The minimum absolute atomic E-state index is 0.116. The molecule has 4 rings (SSSR count). The molecule has 26 heavy (non-hydrogen) atoms. The van der Waals surface area contributed by atoms with Crippen molar-refractivity contribution in [3.63, 3.8) is 0 Å². The molecular formula is C21H17NO3S. The molecule has 0 saturated carbocycles. The molecule has 130 valence electrons. The van der Waals surface area contributed by atoms with Crippen LogP contribution in [0.1, 0.15) is 33.1 Å². The lowest BCUT2D eigenvalue weighted by Gasteiger charge is -2.25. The van der Waals surface area contributed by atoms with Gasteiger partial charge < -0.3 is 0 Å². The van der Waals surface area contributed by atoms with Crippen molar-refractivity contribution in [1.29, 1.82) is 0 Å². The zero-order chi connectivity index (χ0) is 18.3. The number of hydrogen-bond donors (Lipinski definition) is 0. The normalized spacial score (nSPS) is 16.6. The number of hydrogen-bond acceptors (Lipinski definition) is 3. The summed E-state index contributed by atoms with van der Waals surface area (Å²) in [6, 6.07) is 22.2. The summed E-state index contributed by atoms with van der Waals surface area (Å²) in [5, 5.41) is 0. The summed E-state index contributed by atoms with van der Waals surface area (Å²) in [7, 11) is -3.99. The Labute approximate surface area is 152 Å². The highest BCUT2D eigenvalue weighted by atomic mass is 32.2. The Kier molecular flexibility index (Phi) is 3.89. The Morgan fingerprint density at radius 2 is 1.42 bits per heavy atom. The number of sulfonamides is 1. The molecule has 1 heterocycles. The van der Waals surface area contributed by atoms with Crippen LogP contribution in [-0.2, 0) is 10.0 Å². The van der Waals surface area contributed by atoms with Crippen LogP contribution < -0.4 is 0 Å². The monoisotopic (exact) mass is 363 g/mol. The maximum absolute atomic E-state index is 13.3. The Bertz CT molecular complexity index is 1070. The Balaban J connectivity index is 1.91. The van der Waals surface area contributed by atoms with Crippen molar-refractivity contribution in [2.45, 2.75) is 17.9 Å². The van der Waals surface area contributed by atoms with Crippen LogP contribution in [0.15, 0.2) is 83.8 Å². The van der Waals surface area contributed by atoms with E-state index >= 15 is 0 Å². The topological polar surface area (TPSA) is 54.5 Å². The van der Waals surface area contributed by atoms with E-state index < -0.39 is 22.0 Å². The molecule has 0 N–H and O–H groups in total. The third-order valence-electron chi connectivity index (χ3n) is 4.61. The van der Waals surface area contributed by atoms with E-state index in [1.54, 1.807) is 36.4 Å². The molecule has 0 spiro atoms. The number of aryl methyl sites for hydroxylation is 1. The van der Waals surface area contributed by atoms with Crippen LogP contribution in [0.4, 0.5) is 0 Å². The first-order chi connectivity index (χ1) is 12.5. The van der Waals surface area contributed by atoms with Crippen LogP contribution in [0, 0.1) is 6.92 Å². The summed E-state index contributed by atoms with van der Waals surface area (Å²) < 4.78 is 27.6. The van der Waals surface area contributed by atoms with Gasteiger partial charge >= 0.3 is 0 Å². The maximum Gasteiger partial charge on any atom is 0.268 e. The minimum Gasteiger partial charge on any atom is -0.268 e. The van der Waals surface area contributed by atoms with E-state index in [0.717, 1.165) is 15.4 Å². The van der Waals surface area contributed by atoms with Gasteiger partial charge in [0.1, 0.15) is 0 Å². The molecular weight excluding hydrogens is 346 g/mol. The molecule has 1 aliphatic rings. The van der Waals surface area contributed by atoms with Crippen molar-refractivity contribution < 1.29 is 13.2 Å². The molecule has 0 aliphatic carbocycles. The van der Waals surface area contributed by atoms with Gasteiger partial charge in [0.2, 0.25) is 0 Å². The molecule has 1 unspecified atom stereocenters. The number of carbonyl (C=O) groups excluding carboxylic acids is 1. The van der Waals surface area contributed by atoms with Crippen molar-refractivity contribution in [2.75, 3.05) is 0 Å². The first kappa shape index (κ1) is 16.5. The van der Waals surface area contributed by atoms with E-state index in [2.05, 4.69) is 0 Å². The van der Waals surface area contributed by atoms with Crippen LogP contribution in [0.25, 0.3) is 0 Å². The van der Waals surface area contributed by atoms with Gasteiger partial charge in [-0.25, -0.2) is 12.7 Å². The lowest BCUT2D eigenvalue weighted by atomic mass is 9.99. The highest BCUT2D eigenvalue weighted by Crippen LogP contribution is 2.41. The molecule has 0 fully saturated rings.